The fraction of sp³-hybridized carbons (Fsp3) is 0.364. The molecule has 4 heteroatoms. The van der Waals surface area contributed by atoms with Crippen LogP contribution in [0.15, 0.2) is 6.07 Å². The minimum absolute atomic E-state index is 0.0504. The molecule has 0 fully saturated rings. The largest absolute Gasteiger partial charge is 0.482 e. The second-order valence-corrected chi connectivity index (χ2v) is 4.10. The second-order valence-electron chi connectivity index (χ2n) is 3.72. The predicted molar refractivity (Wildman–Crippen MR) is 59.8 cm³/mol. The van der Waals surface area contributed by atoms with Gasteiger partial charge in [0.1, 0.15) is 5.75 Å². The Kier molecular flexibility index (Phi) is 2.35. The van der Waals surface area contributed by atoms with E-state index in [1.165, 1.54) is 0 Å². The average molecular weight is 226 g/mol. The van der Waals surface area contributed by atoms with Gasteiger partial charge in [-0.3, -0.25) is 4.79 Å². The summed E-state index contributed by atoms with van der Waals surface area (Å²) in [5.74, 6) is 0.682. The second kappa shape index (κ2) is 3.42. The molecule has 0 N–H and O–H groups in total. The summed E-state index contributed by atoms with van der Waals surface area (Å²) >= 11 is 6.13. The van der Waals surface area contributed by atoms with Gasteiger partial charge in [0.2, 0.25) is 0 Å². The van der Waals surface area contributed by atoms with Gasteiger partial charge in [0, 0.05) is 12.1 Å². The Bertz CT molecular complexity index is 443. The summed E-state index contributed by atoms with van der Waals surface area (Å²) in [6, 6.07) is 1.87. The van der Waals surface area contributed by atoms with Crippen LogP contribution in [0.4, 0.5) is 5.69 Å². The van der Waals surface area contributed by atoms with Gasteiger partial charge in [-0.2, -0.15) is 0 Å². The third-order valence-electron chi connectivity index (χ3n) is 2.67. The first-order valence-corrected chi connectivity index (χ1v) is 5.09. The number of halogens is 1. The maximum absolute atomic E-state index is 11.5. The van der Waals surface area contributed by atoms with Crippen LogP contribution in [-0.4, -0.2) is 19.6 Å². The lowest BCUT2D eigenvalue weighted by Gasteiger charge is -2.28. The molecule has 0 spiro atoms. The molecule has 80 valence electrons. The number of fused-ring (bicyclic) bond motifs is 1. The lowest BCUT2D eigenvalue weighted by atomic mass is 10.1. The van der Waals surface area contributed by atoms with E-state index in [0.29, 0.717) is 5.02 Å². The van der Waals surface area contributed by atoms with Crippen molar-refractivity contribution in [2.45, 2.75) is 13.8 Å². The van der Waals surface area contributed by atoms with Crippen molar-refractivity contribution in [3.8, 4) is 5.75 Å². The quantitative estimate of drug-likeness (QED) is 0.678. The normalized spacial score (nSPS) is 14.9. The molecular weight excluding hydrogens is 214 g/mol. The molecule has 0 saturated heterocycles. The number of benzene rings is 1. The number of anilines is 1. The average Bonchev–Trinajstić information content (AvgIpc) is 2.20. The SMILES string of the molecule is Cc1cc2c(c(C)c1Cl)N(C)C(=O)CO2. The molecule has 2 rings (SSSR count). The summed E-state index contributed by atoms with van der Waals surface area (Å²) in [5.41, 5.74) is 2.64. The van der Waals surface area contributed by atoms with Crippen LogP contribution in [-0.2, 0) is 4.79 Å². The standard InChI is InChI=1S/C11H12ClNO2/c1-6-4-8-11(7(2)10(6)12)13(3)9(14)5-15-8/h4H,5H2,1-3H3. The van der Waals surface area contributed by atoms with Gasteiger partial charge in [0.15, 0.2) is 6.61 Å². The van der Waals surface area contributed by atoms with Gasteiger partial charge in [0.05, 0.1) is 5.69 Å². The fourth-order valence-corrected chi connectivity index (χ4v) is 1.94. The Hall–Kier alpha value is -1.22. The summed E-state index contributed by atoms with van der Waals surface area (Å²) in [6.45, 7) is 3.92. The van der Waals surface area contributed by atoms with Crippen molar-refractivity contribution in [1.29, 1.82) is 0 Å². The molecular formula is C11H12ClNO2. The monoisotopic (exact) mass is 225 g/mol. The van der Waals surface area contributed by atoms with Crippen LogP contribution in [0.2, 0.25) is 5.02 Å². The Morgan fingerprint density at radius 1 is 1.47 bits per heavy atom. The van der Waals surface area contributed by atoms with Gasteiger partial charge >= 0.3 is 0 Å². The minimum Gasteiger partial charge on any atom is -0.482 e. The number of nitrogens with zero attached hydrogens (tertiary/aromatic N) is 1. The molecule has 0 aromatic heterocycles. The van der Waals surface area contributed by atoms with E-state index in [1.807, 2.05) is 19.9 Å². The number of amides is 1. The van der Waals surface area contributed by atoms with Crippen LogP contribution < -0.4 is 9.64 Å². The van der Waals surface area contributed by atoms with E-state index in [0.717, 1.165) is 22.6 Å². The van der Waals surface area contributed by atoms with Gasteiger partial charge < -0.3 is 9.64 Å². The molecule has 0 bridgehead atoms. The molecule has 3 nitrogen and oxygen atoms in total. The van der Waals surface area contributed by atoms with Crippen LogP contribution in [0.3, 0.4) is 0 Å². The molecule has 15 heavy (non-hydrogen) atoms. The number of carbonyl (C=O) groups is 1. The summed E-state index contributed by atoms with van der Waals surface area (Å²) < 4.78 is 5.37. The zero-order valence-electron chi connectivity index (χ0n) is 8.93. The molecule has 0 atom stereocenters. The van der Waals surface area contributed by atoms with E-state index < -0.39 is 0 Å². The van der Waals surface area contributed by atoms with Crippen LogP contribution in [0.25, 0.3) is 0 Å². The molecule has 1 aromatic carbocycles. The third kappa shape index (κ3) is 1.47. The molecule has 1 heterocycles. The molecule has 1 aliphatic rings. The zero-order chi connectivity index (χ0) is 11.2. The molecule has 0 aliphatic carbocycles. The summed E-state index contributed by atoms with van der Waals surface area (Å²) in [4.78, 5) is 13.1. The smallest absolute Gasteiger partial charge is 0.264 e. The maximum Gasteiger partial charge on any atom is 0.264 e. The highest BCUT2D eigenvalue weighted by Crippen LogP contribution is 2.39. The van der Waals surface area contributed by atoms with Gasteiger partial charge in [-0.25, -0.2) is 0 Å². The Morgan fingerprint density at radius 3 is 2.80 bits per heavy atom. The fourth-order valence-electron chi connectivity index (χ4n) is 1.80. The highest BCUT2D eigenvalue weighted by molar-refractivity contribution is 6.32. The van der Waals surface area contributed by atoms with E-state index in [2.05, 4.69) is 0 Å². The first kappa shape index (κ1) is 10.3. The van der Waals surface area contributed by atoms with Crippen molar-refractivity contribution in [3.05, 3.63) is 22.2 Å². The summed E-state index contributed by atoms with van der Waals surface area (Å²) in [6.07, 6.45) is 0. The number of hydrogen-bond donors (Lipinski definition) is 0. The molecule has 1 aromatic rings. The lowest BCUT2D eigenvalue weighted by Crippen LogP contribution is -2.36. The number of hydrogen-bond acceptors (Lipinski definition) is 2. The number of aryl methyl sites for hydroxylation is 1. The van der Waals surface area contributed by atoms with Crippen molar-refractivity contribution >= 4 is 23.2 Å². The van der Waals surface area contributed by atoms with Gasteiger partial charge in [-0.1, -0.05) is 11.6 Å². The Balaban J connectivity index is 2.67. The number of ether oxygens (including phenoxy) is 1. The van der Waals surface area contributed by atoms with E-state index in [1.54, 1.807) is 11.9 Å². The Morgan fingerprint density at radius 2 is 2.13 bits per heavy atom. The number of carbonyl (C=O) groups excluding carboxylic acids is 1. The van der Waals surface area contributed by atoms with Crippen LogP contribution in [0.5, 0.6) is 5.75 Å². The Labute approximate surface area is 93.6 Å². The van der Waals surface area contributed by atoms with Crippen LogP contribution in [0.1, 0.15) is 11.1 Å². The predicted octanol–water partition coefficient (Wildman–Crippen LogP) is 2.31. The summed E-state index contributed by atoms with van der Waals surface area (Å²) in [5, 5.41) is 0.693. The molecule has 0 saturated carbocycles. The highest BCUT2D eigenvalue weighted by atomic mass is 35.5. The van der Waals surface area contributed by atoms with Crippen molar-refractivity contribution in [3.63, 3.8) is 0 Å². The molecule has 1 aliphatic heterocycles. The minimum atomic E-state index is -0.0504. The number of likely N-dealkylation sites (N-methyl/N-ethyl adjacent to an activating group) is 1. The van der Waals surface area contributed by atoms with Crippen molar-refractivity contribution < 1.29 is 9.53 Å². The van der Waals surface area contributed by atoms with E-state index >= 15 is 0 Å². The molecule has 1 amide bonds. The van der Waals surface area contributed by atoms with Crippen molar-refractivity contribution in [2.75, 3.05) is 18.6 Å². The van der Waals surface area contributed by atoms with Crippen molar-refractivity contribution in [1.82, 2.24) is 0 Å². The van der Waals surface area contributed by atoms with Crippen molar-refractivity contribution in [2.24, 2.45) is 0 Å². The first-order valence-electron chi connectivity index (χ1n) is 4.71. The zero-order valence-corrected chi connectivity index (χ0v) is 9.68. The maximum atomic E-state index is 11.5. The van der Waals surface area contributed by atoms with Gasteiger partial charge in [-0.15, -0.1) is 0 Å². The van der Waals surface area contributed by atoms with Crippen LogP contribution >= 0.6 is 11.6 Å². The highest BCUT2D eigenvalue weighted by Gasteiger charge is 2.25. The van der Waals surface area contributed by atoms with E-state index in [9.17, 15) is 4.79 Å². The first-order chi connectivity index (χ1) is 7.02. The summed E-state index contributed by atoms with van der Waals surface area (Å²) in [7, 11) is 1.74. The third-order valence-corrected chi connectivity index (χ3v) is 3.25. The topological polar surface area (TPSA) is 29.5 Å². The van der Waals surface area contributed by atoms with Gasteiger partial charge in [-0.05, 0) is 31.0 Å². The number of rotatable bonds is 0. The van der Waals surface area contributed by atoms with Crippen LogP contribution in [0, 0.1) is 13.8 Å². The molecule has 0 radical (unpaired) electrons. The molecule has 0 unspecified atom stereocenters. The lowest BCUT2D eigenvalue weighted by molar-refractivity contribution is -0.121. The van der Waals surface area contributed by atoms with E-state index in [-0.39, 0.29) is 12.5 Å². The van der Waals surface area contributed by atoms with Gasteiger partial charge in [0.25, 0.3) is 5.91 Å². The van der Waals surface area contributed by atoms with E-state index in [4.69, 9.17) is 16.3 Å².